The van der Waals surface area contributed by atoms with Gasteiger partial charge in [-0.3, -0.25) is 4.79 Å². The number of carbonyl (C=O) groups excluding carboxylic acids is 1. The largest absolute Gasteiger partial charge is 0.467 e. The number of nitrogens with one attached hydrogen (secondary N) is 2. The van der Waals surface area contributed by atoms with Crippen LogP contribution in [0.4, 0.5) is 17.2 Å². The van der Waals surface area contributed by atoms with Crippen LogP contribution in [-0.2, 0) is 5.54 Å². The molecule has 4 N–H and O–H groups in total. The topological polar surface area (TPSA) is 128 Å². The van der Waals surface area contributed by atoms with Gasteiger partial charge in [-0.1, -0.05) is 18.2 Å². The molecule has 2 aromatic carbocycles. The highest BCUT2D eigenvalue weighted by atomic mass is 16.5. The van der Waals surface area contributed by atoms with E-state index in [9.17, 15) is 4.79 Å². The molecule has 0 aliphatic heterocycles. The first-order chi connectivity index (χ1) is 15.7. The molecule has 1 amide bonds. The van der Waals surface area contributed by atoms with Crippen molar-refractivity contribution in [3.05, 3.63) is 71.7 Å². The SMILES string of the molecule is COc1ncc2ncnc(Nc3cc(NC(=O)c4cccc(C(C)(C)N)c4)ccc3C)c2n1. The number of carbonyl (C=O) groups is 1. The van der Waals surface area contributed by atoms with Gasteiger partial charge in [0.1, 0.15) is 17.4 Å². The summed E-state index contributed by atoms with van der Waals surface area (Å²) >= 11 is 0. The molecule has 2 aromatic heterocycles. The Bertz CT molecular complexity index is 1330. The number of methoxy groups -OCH3 is 1. The van der Waals surface area contributed by atoms with E-state index >= 15 is 0 Å². The van der Waals surface area contributed by atoms with Crippen LogP contribution in [0.15, 0.2) is 55.0 Å². The van der Waals surface area contributed by atoms with E-state index in [0.29, 0.717) is 28.1 Å². The number of rotatable bonds is 6. The van der Waals surface area contributed by atoms with Gasteiger partial charge in [-0.25, -0.2) is 15.0 Å². The quantitative estimate of drug-likeness (QED) is 0.409. The number of amides is 1. The van der Waals surface area contributed by atoms with E-state index in [4.69, 9.17) is 10.5 Å². The Morgan fingerprint density at radius 2 is 1.91 bits per heavy atom. The number of nitrogens with two attached hydrogens (primary N) is 1. The van der Waals surface area contributed by atoms with Crippen LogP contribution in [0, 0.1) is 6.92 Å². The predicted octanol–water partition coefficient (Wildman–Crippen LogP) is 3.93. The molecule has 168 valence electrons. The van der Waals surface area contributed by atoms with Crippen molar-refractivity contribution >= 4 is 34.1 Å². The number of aryl methyl sites for hydroxylation is 1. The van der Waals surface area contributed by atoms with Gasteiger partial charge < -0.3 is 21.1 Å². The molecule has 0 unspecified atom stereocenters. The van der Waals surface area contributed by atoms with E-state index in [0.717, 1.165) is 16.8 Å². The highest BCUT2D eigenvalue weighted by molar-refractivity contribution is 6.04. The summed E-state index contributed by atoms with van der Waals surface area (Å²) in [6.07, 6.45) is 3.02. The zero-order valence-electron chi connectivity index (χ0n) is 18.9. The van der Waals surface area contributed by atoms with Crippen molar-refractivity contribution in [2.45, 2.75) is 26.3 Å². The average Bonchev–Trinajstić information content (AvgIpc) is 2.80. The van der Waals surface area contributed by atoms with Crippen LogP contribution in [0.2, 0.25) is 0 Å². The van der Waals surface area contributed by atoms with Gasteiger partial charge in [0.2, 0.25) is 0 Å². The van der Waals surface area contributed by atoms with E-state index in [2.05, 4.69) is 30.6 Å². The molecule has 0 fully saturated rings. The van der Waals surface area contributed by atoms with Crippen LogP contribution in [0.5, 0.6) is 6.01 Å². The van der Waals surface area contributed by atoms with E-state index < -0.39 is 5.54 Å². The molecule has 0 saturated heterocycles. The Labute approximate surface area is 191 Å². The first-order valence-electron chi connectivity index (χ1n) is 10.3. The summed E-state index contributed by atoms with van der Waals surface area (Å²) < 4.78 is 5.12. The Balaban J connectivity index is 1.61. The zero-order valence-corrected chi connectivity index (χ0v) is 18.9. The lowest BCUT2D eigenvalue weighted by molar-refractivity contribution is 0.102. The van der Waals surface area contributed by atoms with Crippen molar-refractivity contribution in [1.29, 1.82) is 0 Å². The molecule has 2 heterocycles. The predicted molar refractivity (Wildman–Crippen MR) is 128 cm³/mol. The van der Waals surface area contributed by atoms with Crippen molar-refractivity contribution in [1.82, 2.24) is 19.9 Å². The molecule has 0 saturated carbocycles. The fourth-order valence-electron chi connectivity index (χ4n) is 3.25. The maximum Gasteiger partial charge on any atom is 0.316 e. The number of hydrogen-bond donors (Lipinski definition) is 3. The van der Waals surface area contributed by atoms with Gasteiger partial charge in [-0.15, -0.1) is 0 Å². The van der Waals surface area contributed by atoms with E-state index in [1.165, 1.54) is 13.4 Å². The Morgan fingerprint density at radius 3 is 2.67 bits per heavy atom. The minimum Gasteiger partial charge on any atom is -0.467 e. The first kappa shape index (κ1) is 22.1. The number of hydrogen-bond acceptors (Lipinski definition) is 8. The molecule has 9 nitrogen and oxygen atoms in total. The number of fused-ring (bicyclic) bond motifs is 1. The fraction of sp³-hybridized carbons (Fsp3) is 0.208. The highest BCUT2D eigenvalue weighted by Crippen LogP contribution is 2.27. The van der Waals surface area contributed by atoms with E-state index in [-0.39, 0.29) is 11.9 Å². The lowest BCUT2D eigenvalue weighted by Gasteiger charge is -2.19. The number of nitrogens with zero attached hydrogens (tertiary/aromatic N) is 4. The van der Waals surface area contributed by atoms with Gasteiger partial charge in [0.15, 0.2) is 5.82 Å². The third kappa shape index (κ3) is 4.88. The second-order valence-corrected chi connectivity index (χ2v) is 8.22. The lowest BCUT2D eigenvalue weighted by atomic mass is 9.94. The van der Waals surface area contributed by atoms with Gasteiger partial charge >= 0.3 is 6.01 Å². The Kier molecular flexibility index (Phi) is 5.89. The normalized spacial score (nSPS) is 11.3. The second-order valence-electron chi connectivity index (χ2n) is 8.22. The second kappa shape index (κ2) is 8.79. The van der Waals surface area contributed by atoms with Gasteiger partial charge in [-0.05, 0) is 56.2 Å². The minimum absolute atomic E-state index is 0.221. The van der Waals surface area contributed by atoms with Crippen molar-refractivity contribution < 1.29 is 9.53 Å². The molecule has 0 aliphatic carbocycles. The molecule has 0 aliphatic rings. The maximum atomic E-state index is 12.9. The highest BCUT2D eigenvalue weighted by Gasteiger charge is 2.16. The summed E-state index contributed by atoms with van der Waals surface area (Å²) in [6.45, 7) is 5.76. The third-order valence-electron chi connectivity index (χ3n) is 5.16. The van der Waals surface area contributed by atoms with Crippen LogP contribution in [0.1, 0.15) is 35.3 Å². The van der Waals surface area contributed by atoms with Crippen LogP contribution in [0.25, 0.3) is 11.0 Å². The molecule has 4 rings (SSSR count). The minimum atomic E-state index is -0.538. The summed E-state index contributed by atoms with van der Waals surface area (Å²) in [4.78, 5) is 29.8. The van der Waals surface area contributed by atoms with Crippen LogP contribution < -0.4 is 21.1 Å². The summed E-state index contributed by atoms with van der Waals surface area (Å²) in [6, 6.07) is 13.1. The zero-order chi connectivity index (χ0) is 23.6. The number of benzene rings is 2. The Hall–Kier alpha value is -4.11. The molecule has 0 atom stereocenters. The molecule has 9 heteroatoms. The monoisotopic (exact) mass is 443 g/mol. The van der Waals surface area contributed by atoms with Crippen molar-refractivity contribution in [2.75, 3.05) is 17.7 Å². The molecule has 33 heavy (non-hydrogen) atoms. The average molecular weight is 444 g/mol. The van der Waals surface area contributed by atoms with Gasteiger partial charge in [-0.2, -0.15) is 4.98 Å². The molecule has 0 spiro atoms. The maximum absolute atomic E-state index is 12.9. The van der Waals surface area contributed by atoms with Crippen molar-refractivity contribution in [3.63, 3.8) is 0 Å². The summed E-state index contributed by atoms with van der Waals surface area (Å²) in [5.41, 5.74) is 10.5. The summed E-state index contributed by atoms with van der Waals surface area (Å²) in [5, 5.41) is 6.23. The number of anilines is 3. The van der Waals surface area contributed by atoms with Gasteiger partial charge in [0, 0.05) is 22.5 Å². The molecular formula is C24H25N7O2. The molecular weight excluding hydrogens is 418 g/mol. The standard InChI is InChI=1S/C24H25N7O2/c1-14-8-9-17(29-22(32)15-6-5-7-16(10-15)24(2,3)25)11-18(14)30-21-20-19(27-13-28-21)12-26-23(31-20)33-4/h5-13H,25H2,1-4H3,(H,29,32)(H,27,28,30). The Morgan fingerprint density at radius 1 is 1.09 bits per heavy atom. The lowest BCUT2D eigenvalue weighted by Crippen LogP contribution is -2.29. The van der Waals surface area contributed by atoms with Crippen LogP contribution >= 0.6 is 0 Å². The molecule has 0 radical (unpaired) electrons. The van der Waals surface area contributed by atoms with Crippen LogP contribution in [-0.4, -0.2) is 33.0 Å². The van der Waals surface area contributed by atoms with Crippen molar-refractivity contribution in [3.8, 4) is 6.01 Å². The molecule has 0 bridgehead atoms. The number of aromatic nitrogens is 4. The van der Waals surface area contributed by atoms with Gasteiger partial charge in [0.25, 0.3) is 5.91 Å². The van der Waals surface area contributed by atoms with Crippen molar-refractivity contribution in [2.24, 2.45) is 5.73 Å². The number of ether oxygens (including phenoxy) is 1. The first-order valence-corrected chi connectivity index (χ1v) is 10.3. The smallest absolute Gasteiger partial charge is 0.316 e. The third-order valence-corrected chi connectivity index (χ3v) is 5.16. The fourth-order valence-corrected chi connectivity index (χ4v) is 3.25. The van der Waals surface area contributed by atoms with E-state index in [1.807, 2.05) is 57.2 Å². The summed E-state index contributed by atoms with van der Waals surface area (Å²) in [7, 11) is 1.50. The van der Waals surface area contributed by atoms with E-state index in [1.54, 1.807) is 12.3 Å². The molecule has 4 aromatic rings. The van der Waals surface area contributed by atoms with Crippen LogP contribution in [0.3, 0.4) is 0 Å². The summed E-state index contributed by atoms with van der Waals surface area (Å²) in [5.74, 6) is 0.283. The van der Waals surface area contributed by atoms with Gasteiger partial charge in [0.05, 0.1) is 13.3 Å².